The maximum atomic E-state index is 11.2. The minimum absolute atomic E-state index is 0.386. The smallest absolute Gasteiger partial charge is 0.324 e. The Morgan fingerprint density at radius 1 is 1.29 bits per heavy atom. The average Bonchev–Trinajstić information content (AvgIpc) is 2.40. The number of piperidine rings is 1. The molecular formula is C14H16N2O. The fourth-order valence-electron chi connectivity index (χ4n) is 2.36. The maximum Gasteiger partial charge on any atom is 0.324 e. The molecule has 0 radical (unpaired) electrons. The lowest BCUT2D eigenvalue weighted by molar-refractivity contribution is -0.126. The Bertz CT molecular complexity index is 414. The van der Waals surface area contributed by atoms with Gasteiger partial charge >= 0.3 is 5.91 Å². The highest BCUT2D eigenvalue weighted by Crippen LogP contribution is 2.21. The standard InChI is InChI=1S/C14H16N2O/c15-11-14(17)16-8-6-13(7-9-16)10-12-4-2-1-3-5-12/h1-5,13H,6-10H2. The molecule has 0 N–H and O–H groups in total. The van der Waals surface area contributed by atoms with Crippen molar-refractivity contribution in [2.75, 3.05) is 13.1 Å². The van der Waals surface area contributed by atoms with Gasteiger partial charge in [0.15, 0.2) is 6.07 Å². The molecular weight excluding hydrogens is 212 g/mol. The summed E-state index contributed by atoms with van der Waals surface area (Å²) < 4.78 is 0. The van der Waals surface area contributed by atoms with Crippen LogP contribution in [0.2, 0.25) is 0 Å². The Balaban J connectivity index is 1.84. The summed E-state index contributed by atoms with van der Waals surface area (Å²) in [6.07, 6.45) is 3.08. The number of likely N-dealkylation sites (tertiary alicyclic amines) is 1. The van der Waals surface area contributed by atoms with Gasteiger partial charge in [0, 0.05) is 13.1 Å². The molecule has 0 saturated carbocycles. The topological polar surface area (TPSA) is 44.1 Å². The van der Waals surface area contributed by atoms with Gasteiger partial charge in [0.2, 0.25) is 0 Å². The van der Waals surface area contributed by atoms with Gasteiger partial charge in [-0.1, -0.05) is 30.3 Å². The van der Waals surface area contributed by atoms with Crippen LogP contribution in [0.25, 0.3) is 0 Å². The molecule has 1 aromatic carbocycles. The number of hydrogen-bond donors (Lipinski definition) is 0. The monoisotopic (exact) mass is 228 g/mol. The minimum Gasteiger partial charge on any atom is -0.330 e. The first-order valence-corrected chi connectivity index (χ1v) is 6.02. The molecule has 0 bridgehead atoms. The van der Waals surface area contributed by atoms with Crippen LogP contribution < -0.4 is 0 Å². The van der Waals surface area contributed by atoms with E-state index in [0.29, 0.717) is 5.92 Å². The molecule has 2 rings (SSSR count). The summed E-state index contributed by atoms with van der Waals surface area (Å²) in [6, 6.07) is 12.1. The van der Waals surface area contributed by atoms with E-state index in [1.807, 2.05) is 6.07 Å². The number of hydrogen-bond acceptors (Lipinski definition) is 2. The molecule has 3 heteroatoms. The predicted molar refractivity (Wildman–Crippen MR) is 65.1 cm³/mol. The average molecular weight is 228 g/mol. The molecule has 3 nitrogen and oxygen atoms in total. The van der Waals surface area contributed by atoms with Gasteiger partial charge in [-0.15, -0.1) is 0 Å². The van der Waals surface area contributed by atoms with Crippen LogP contribution in [-0.4, -0.2) is 23.9 Å². The molecule has 1 aromatic rings. The number of nitriles is 1. The summed E-state index contributed by atoms with van der Waals surface area (Å²) in [5, 5.41) is 8.55. The highest BCUT2D eigenvalue weighted by Gasteiger charge is 2.22. The van der Waals surface area contributed by atoms with E-state index in [9.17, 15) is 4.79 Å². The van der Waals surface area contributed by atoms with Crippen molar-refractivity contribution in [3.63, 3.8) is 0 Å². The molecule has 1 saturated heterocycles. The van der Waals surface area contributed by atoms with E-state index in [4.69, 9.17) is 5.26 Å². The Morgan fingerprint density at radius 2 is 1.94 bits per heavy atom. The largest absolute Gasteiger partial charge is 0.330 e. The number of rotatable bonds is 2. The summed E-state index contributed by atoms with van der Waals surface area (Å²) >= 11 is 0. The molecule has 88 valence electrons. The van der Waals surface area contributed by atoms with Gasteiger partial charge in [-0.3, -0.25) is 4.79 Å². The third-order valence-electron chi connectivity index (χ3n) is 3.36. The van der Waals surface area contributed by atoms with Crippen LogP contribution in [-0.2, 0) is 11.2 Å². The molecule has 1 fully saturated rings. The van der Waals surface area contributed by atoms with Gasteiger partial charge in [0.25, 0.3) is 0 Å². The Labute approximate surface area is 102 Å². The van der Waals surface area contributed by atoms with Crippen LogP contribution in [0.1, 0.15) is 18.4 Å². The molecule has 17 heavy (non-hydrogen) atoms. The van der Waals surface area contributed by atoms with Crippen molar-refractivity contribution in [3.8, 4) is 6.07 Å². The highest BCUT2D eigenvalue weighted by molar-refractivity contribution is 5.91. The van der Waals surface area contributed by atoms with E-state index in [1.54, 1.807) is 11.0 Å². The zero-order valence-corrected chi connectivity index (χ0v) is 9.80. The predicted octanol–water partition coefficient (Wildman–Crippen LogP) is 1.99. The van der Waals surface area contributed by atoms with Crippen molar-refractivity contribution >= 4 is 5.91 Å². The lowest BCUT2D eigenvalue weighted by Crippen LogP contribution is -2.38. The zero-order chi connectivity index (χ0) is 12.1. The number of carbonyl (C=O) groups excluding carboxylic acids is 1. The molecule has 0 atom stereocenters. The van der Waals surface area contributed by atoms with E-state index in [0.717, 1.165) is 32.4 Å². The summed E-state index contributed by atoms with van der Waals surface area (Å²) in [6.45, 7) is 1.45. The Hall–Kier alpha value is -1.82. The number of benzene rings is 1. The molecule has 1 amide bonds. The highest BCUT2D eigenvalue weighted by atomic mass is 16.2. The van der Waals surface area contributed by atoms with Gasteiger partial charge in [-0.05, 0) is 30.7 Å². The van der Waals surface area contributed by atoms with Crippen molar-refractivity contribution in [2.24, 2.45) is 5.92 Å². The second kappa shape index (κ2) is 5.49. The first-order chi connectivity index (χ1) is 8.29. The van der Waals surface area contributed by atoms with Crippen LogP contribution in [0.3, 0.4) is 0 Å². The first kappa shape index (κ1) is 11.7. The lowest BCUT2D eigenvalue weighted by Gasteiger charge is -2.30. The van der Waals surface area contributed by atoms with Gasteiger partial charge < -0.3 is 4.90 Å². The van der Waals surface area contributed by atoms with E-state index in [1.165, 1.54) is 5.56 Å². The fourth-order valence-corrected chi connectivity index (χ4v) is 2.36. The third kappa shape index (κ3) is 3.07. The summed E-state index contributed by atoms with van der Waals surface area (Å²) in [5.41, 5.74) is 1.36. The quantitative estimate of drug-likeness (QED) is 0.727. The zero-order valence-electron chi connectivity index (χ0n) is 9.80. The SMILES string of the molecule is N#CC(=O)N1CCC(Cc2ccccc2)CC1. The second-order valence-corrected chi connectivity index (χ2v) is 4.54. The Morgan fingerprint density at radius 3 is 2.53 bits per heavy atom. The molecule has 0 spiro atoms. The van der Waals surface area contributed by atoms with Crippen LogP contribution >= 0.6 is 0 Å². The van der Waals surface area contributed by atoms with Crippen LogP contribution in [0, 0.1) is 17.2 Å². The van der Waals surface area contributed by atoms with E-state index < -0.39 is 0 Å². The number of nitrogens with zero attached hydrogens (tertiary/aromatic N) is 2. The van der Waals surface area contributed by atoms with Gasteiger partial charge in [0.1, 0.15) is 0 Å². The van der Waals surface area contributed by atoms with E-state index >= 15 is 0 Å². The Kier molecular flexibility index (Phi) is 3.77. The number of carbonyl (C=O) groups is 1. The van der Waals surface area contributed by atoms with E-state index in [-0.39, 0.29) is 5.91 Å². The molecule has 1 heterocycles. The lowest BCUT2D eigenvalue weighted by atomic mass is 9.90. The molecule has 1 aliphatic heterocycles. The molecule has 0 unspecified atom stereocenters. The maximum absolute atomic E-state index is 11.2. The normalized spacial score (nSPS) is 16.5. The van der Waals surface area contributed by atoms with E-state index in [2.05, 4.69) is 24.3 Å². The van der Waals surface area contributed by atoms with Crippen LogP contribution in [0.4, 0.5) is 0 Å². The van der Waals surface area contributed by atoms with Crippen LogP contribution in [0.5, 0.6) is 0 Å². The van der Waals surface area contributed by atoms with Crippen molar-refractivity contribution in [1.82, 2.24) is 4.90 Å². The molecule has 0 aromatic heterocycles. The minimum atomic E-state index is -0.386. The molecule has 1 aliphatic rings. The molecule has 0 aliphatic carbocycles. The van der Waals surface area contributed by atoms with Crippen molar-refractivity contribution in [3.05, 3.63) is 35.9 Å². The van der Waals surface area contributed by atoms with Crippen LogP contribution in [0.15, 0.2) is 30.3 Å². The van der Waals surface area contributed by atoms with Crippen molar-refractivity contribution < 1.29 is 4.79 Å². The van der Waals surface area contributed by atoms with Gasteiger partial charge in [0.05, 0.1) is 0 Å². The van der Waals surface area contributed by atoms with Crippen molar-refractivity contribution in [2.45, 2.75) is 19.3 Å². The van der Waals surface area contributed by atoms with Crippen molar-refractivity contribution in [1.29, 1.82) is 5.26 Å². The second-order valence-electron chi connectivity index (χ2n) is 4.54. The summed E-state index contributed by atoms with van der Waals surface area (Å²) in [5.74, 6) is 0.253. The summed E-state index contributed by atoms with van der Waals surface area (Å²) in [4.78, 5) is 12.9. The fraction of sp³-hybridized carbons (Fsp3) is 0.429. The number of amides is 1. The third-order valence-corrected chi connectivity index (χ3v) is 3.36. The summed E-state index contributed by atoms with van der Waals surface area (Å²) in [7, 11) is 0. The van der Waals surface area contributed by atoms with Gasteiger partial charge in [-0.25, -0.2) is 0 Å². The van der Waals surface area contributed by atoms with Gasteiger partial charge in [-0.2, -0.15) is 5.26 Å². The first-order valence-electron chi connectivity index (χ1n) is 6.02.